The Morgan fingerprint density at radius 2 is 1.76 bits per heavy atom. The van der Waals surface area contributed by atoms with Crippen molar-refractivity contribution in [1.29, 1.82) is 5.26 Å². The van der Waals surface area contributed by atoms with Crippen LogP contribution in [0, 0.1) is 11.3 Å². The first-order valence-corrected chi connectivity index (χ1v) is 11.5. The molecule has 1 amide bonds. The summed E-state index contributed by atoms with van der Waals surface area (Å²) in [7, 11) is 0. The van der Waals surface area contributed by atoms with Crippen LogP contribution in [0.3, 0.4) is 0 Å². The highest BCUT2D eigenvalue weighted by Gasteiger charge is 2.20. The van der Waals surface area contributed by atoms with Gasteiger partial charge in [-0.3, -0.25) is 14.3 Å². The van der Waals surface area contributed by atoms with Crippen molar-refractivity contribution in [3.8, 4) is 17.5 Å². The van der Waals surface area contributed by atoms with Crippen LogP contribution in [0.4, 0.5) is 5.69 Å². The van der Waals surface area contributed by atoms with Gasteiger partial charge in [0.25, 0.3) is 0 Å². The number of nitriles is 1. The summed E-state index contributed by atoms with van der Waals surface area (Å²) in [6.45, 7) is 0.920. The molecule has 0 fully saturated rings. The number of nitrogens with zero attached hydrogens (tertiary/aromatic N) is 6. The lowest BCUT2D eigenvalue weighted by Gasteiger charge is -2.21. The van der Waals surface area contributed by atoms with Gasteiger partial charge < -0.3 is 4.90 Å². The number of anilines is 1. The second-order valence-corrected chi connectivity index (χ2v) is 8.14. The number of carbonyl (C=O) groups is 1. The van der Waals surface area contributed by atoms with E-state index in [1.807, 2.05) is 77.4 Å². The number of carbonyl (C=O) groups excluding carboxylic acids is 1. The zero-order valence-corrected chi connectivity index (χ0v) is 18.7. The first-order chi connectivity index (χ1) is 16.3. The summed E-state index contributed by atoms with van der Waals surface area (Å²) >= 11 is 1.34. The molecule has 0 saturated carbocycles. The molecule has 4 aromatic rings. The molecule has 2 heterocycles. The molecule has 0 aliphatic rings. The third kappa shape index (κ3) is 5.64. The van der Waals surface area contributed by atoms with E-state index >= 15 is 0 Å². The lowest BCUT2D eigenvalue weighted by Crippen LogP contribution is -2.33. The minimum Gasteiger partial charge on any atom is -0.311 e. The Kier molecular flexibility index (Phi) is 7.46. The first-order valence-electron chi connectivity index (χ1n) is 10.5. The number of aromatic nitrogens is 4. The normalized spacial score (nSPS) is 10.5. The highest BCUT2D eigenvalue weighted by Crippen LogP contribution is 2.26. The summed E-state index contributed by atoms with van der Waals surface area (Å²) in [6, 6.07) is 25.4. The van der Waals surface area contributed by atoms with Gasteiger partial charge in [0, 0.05) is 30.2 Å². The van der Waals surface area contributed by atoms with Crippen LogP contribution >= 0.6 is 11.8 Å². The fraction of sp³-hybridized carbons (Fsp3) is 0.160. The van der Waals surface area contributed by atoms with Crippen LogP contribution in [-0.4, -0.2) is 38.0 Å². The maximum absolute atomic E-state index is 13.1. The molecule has 0 N–H and O–H groups in total. The molecule has 0 aliphatic carbocycles. The Morgan fingerprint density at radius 3 is 2.45 bits per heavy atom. The summed E-state index contributed by atoms with van der Waals surface area (Å²) in [6.07, 6.45) is 3.74. The van der Waals surface area contributed by atoms with Gasteiger partial charge in [-0.2, -0.15) is 5.26 Å². The topological polar surface area (TPSA) is 87.7 Å². The molecule has 7 nitrogen and oxygen atoms in total. The average Bonchev–Trinajstić information content (AvgIpc) is 3.27. The van der Waals surface area contributed by atoms with Gasteiger partial charge in [-0.05, 0) is 29.8 Å². The van der Waals surface area contributed by atoms with Gasteiger partial charge in [0.1, 0.15) is 0 Å². The third-order valence-electron chi connectivity index (χ3n) is 4.96. The van der Waals surface area contributed by atoms with Crippen molar-refractivity contribution in [1.82, 2.24) is 19.7 Å². The van der Waals surface area contributed by atoms with E-state index in [1.54, 1.807) is 17.3 Å². The van der Waals surface area contributed by atoms with Crippen molar-refractivity contribution in [3.63, 3.8) is 0 Å². The maximum atomic E-state index is 13.1. The monoisotopic (exact) mass is 454 g/mol. The highest BCUT2D eigenvalue weighted by atomic mass is 32.2. The number of hydrogen-bond donors (Lipinski definition) is 0. The zero-order chi connectivity index (χ0) is 22.9. The lowest BCUT2D eigenvalue weighted by atomic mass is 10.2. The Morgan fingerprint density at radius 1 is 1.00 bits per heavy atom. The molecule has 2 aromatic carbocycles. The molecule has 4 rings (SSSR count). The van der Waals surface area contributed by atoms with Crippen molar-refractivity contribution in [2.45, 2.75) is 18.1 Å². The minimum absolute atomic E-state index is 0.0846. The van der Waals surface area contributed by atoms with E-state index in [-0.39, 0.29) is 18.1 Å². The van der Waals surface area contributed by atoms with Gasteiger partial charge in [-0.15, -0.1) is 10.2 Å². The van der Waals surface area contributed by atoms with E-state index in [0.717, 1.165) is 16.8 Å². The van der Waals surface area contributed by atoms with Crippen molar-refractivity contribution < 1.29 is 4.79 Å². The molecule has 33 heavy (non-hydrogen) atoms. The van der Waals surface area contributed by atoms with Gasteiger partial charge in [-0.25, -0.2) is 0 Å². The zero-order valence-electron chi connectivity index (χ0n) is 17.9. The number of amides is 1. The molecule has 0 unspecified atom stereocenters. The minimum atomic E-state index is -0.0846. The predicted molar refractivity (Wildman–Crippen MR) is 129 cm³/mol. The Bertz CT molecular complexity index is 1220. The van der Waals surface area contributed by atoms with Crippen molar-refractivity contribution in [2.75, 3.05) is 17.2 Å². The molecule has 0 spiro atoms. The number of pyridine rings is 1. The van der Waals surface area contributed by atoms with Crippen molar-refractivity contribution in [2.24, 2.45) is 0 Å². The molecule has 0 radical (unpaired) electrons. The van der Waals surface area contributed by atoms with E-state index in [1.165, 1.54) is 11.8 Å². The number of para-hydroxylation sites is 1. The van der Waals surface area contributed by atoms with E-state index in [4.69, 9.17) is 5.26 Å². The molecule has 0 bridgehead atoms. The van der Waals surface area contributed by atoms with Gasteiger partial charge in [0.05, 0.1) is 24.8 Å². The molecular weight excluding hydrogens is 432 g/mol. The van der Waals surface area contributed by atoms with E-state index in [2.05, 4.69) is 21.3 Å². The summed E-state index contributed by atoms with van der Waals surface area (Å²) in [5.41, 5.74) is 2.75. The highest BCUT2D eigenvalue weighted by molar-refractivity contribution is 7.99. The number of hydrogen-bond acceptors (Lipinski definition) is 6. The van der Waals surface area contributed by atoms with E-state index in [0.29, 0.717) is 24.1 Å². The fourth-order valence-corrected chi connectivity index (χ4v) is 4.20. The van der Waals surface area contributed by atoms with Crippen LogP contribution in [0.2, 0.25) is 0 Å². The Labute approximate surface area is 196 Å². The second-order valence-electron chi connectivity index (χ2n) is 7.20. The van der Waals surface area contributed by atoms with Gasteiger partial charge in [0.2, 0.25) is 5.91 Å². The summed E-state index contributed by atoms with van der Waals surface area (Å²) in [5.74, 6) is 0.797. The van der Waals surface area contributed by atoms with Crippen LogP contribution in [0.1, 0.15) is 12.0 Å². The predicted octanol–water partition coefficient (Wildman–Crippen LogP) is 4.43. The second kappa shape index (κ2) is 11.1. The SMILES string of the molecule is N#CCCN(C(=O)CSc1nnc(-c2cccnc2)n1Cc1ccccc1)c1ccccc1. The fourth-order valence-electron chi connectivity index (χ4n) is 3.38. The van der Waals surface area contributed by atoms with Crippen molar-refractivity contribution in [3.05, 3.63) is 90.8 Å². The summed E-state index contributed by atoms with van der Waals surface area (Å²) < 4.78 is 2.01. The standard InChI is InChI=1S/C25H22N6OS/c26-14-8-16-30(22-12-5-2-6-13-22)23(32)19-33-25-29-28-24(21-11-7-15-27-17-21)31(25)18-20-9-3-1-4-10-20/h1-7,9-13,15,17H,8,16,18-19H2. The van der Waals surface area contributed by atoms with E-state index < -0.39 is 0 Å². The largest absolute Gasteiger partial charge is 0.311 e. The summed E-state index contributed by atoms with van der Waals surface area (Å²) in [5, 5.41) is 18.4. The van der Waals surface area contributed by atoms with Crippen LogP contribution < -0.4 is 4.90 Å². The maximum Gasteiger partial charge on any atom is 0.237 e. The first kappa shape index (κ1) is 22.2. The number of benzene rings is 2. The van der Waals surface area contributed by atoms with Gasteiger partial charge >= 0.3 is 0 Å². The molecule has 0 saturated heterocycles. The molecule has 2 aromatic heterocycles. The average molecular weight is 455 g/mol. The number of rotatable bonds is 9. The van der Waals surface area contributed by atoms with Gasteiger partial charge in [0.15, 0.2) is 11.0 Å². The van der Waals surface area contributed by atoms with Crippen LogP contribution in [0.5, 0.6) is 0 Å². The summed E-state index contributed by atoms with van der Waals surface area (Å²) in [4.78, 5) is 18.9. The third-order valence-corrected chi connectivity index (χ3v) is 5.91. The van der Waals surface area contributed by atoms with E-state index in [9.17, 15) is 4.79 Å². The quantitative estimate of drug-likeness (QED) is 0.348. The van der Waals surface area contributed by atoms with Crippen LogP contribution in [-0.2, 0) is 11.3 Å². The smallest absolute Gasteiger partial charge is 0.237 e. The van der Waals surface area contributed by atoms with Crippen LogP contribution in [0.25, 0.3) is 11.4 Å². The number of thioether (sulfide) groups is 1. The molecule has 164 valence electrons. The molecule has 8 heteroatoms. The Balaban J connectivity index is 1.57. The van der Waals surface area contributed by atoms with Gasteiger partial charge in [-0.1, -0.05) is 60.3 Å². The van der Waals surface area contributed by atoms with Crippen molar-refractivity contribution >= 4 is 23.4 Å². The molecular formula is C25H22N6OS. The molecule has 0 atom stereocenters. The lowest BCUT2D eigenvalue weighted by molar-refractivity contribution is -0.116. The molecule has 0 aliphatic heterocycles. The van der Waals surface area contributed by atoms with Crippen LogP contribution in [0.15, 0.2) is 90.3 Å². The Hall–Kier alpha value is -3.96.